The fraction of sp³-hybridized carbons (Fsp3) is 0.273. The molecule has 0 fully saturated rings. The molecule has 148 valence electrons. The number of aryl methyl sites for hydroxylation is 1. The first-order valence-corrected chi connectivity index (χ1v) is 9.71. The summed E-state index contributed by atoms with van der Waals surface area (Å²) in [5.74, 6) is 0.965. The van der Waals surface area contributed by atoms with Crippen LogP contribution < -0.4 is 5.32 Å². The van der Waals surface area contributed by atoms with Gasteiger partial charge in [-0.05, 0) is 18.4 Å². The topological polar surface area (TPSA) is 77.1 Å². The fourth-order valence-corrected chi connectivity index (χ4v) is 3.28. The highest BCUT2D eigenvalue weighted by Gasteiger charge is 2.14. The van der Waals surface area contributed by atoms with E-state index >= 15 is 0 Å². The summed E-state index contributed by atoms with van der Waals surface area (Å²) >= 11 is 0. The molecule has 0 bridgehead atoms. The number of rotatable bonds is 6. The van der Waals surface area contributed by atoms with Crippen molar-refractivity contribution in [1.29, 1.82) is 0 Å². The lowest BCUT2D eigenvalue weighted by molar-refractivity contribution is -0.116. The summed E-state index contributed by atoms with van der Waals surface area (Å²) in [4.78, 5) is 21.3. The largest absolute Gasteiger partial charge is 0.310 e. The Labute approximate surface area is 169 Å². The van der Waals surface area contributed by atoms with Crippen LogP contribution in [0.1, 0.15) is 31.5 Å². The molecule has 29 heavy (non-hydrogen) atoms. The van der Waals surface area contributed by atoms with Crippen LogP contribution in [-0.2, 0) is 11.3 Å². The number of imidazole rings is 1. The minimum atomic E-state index is -0.0149. The second-order valence-electron chi connectivity index (χ2n) is 7.60. The Hall–Kier alpha value is -3.48. The second-order valence-corrected chi connectivity index (χ2v) is 7.60. The average Bonchev–Trinajstić information content (AvgIpc) is 3.26. The van der Waals surface area contributed by atoms with Gasteiger partial charge in [0.2, 0.25) is 5.91 Å². The van der Waals surface area contributed by atoms with Crippen LogP contribution >= 0.6 is 0 Å². The molecule has 1 aromatic carbocycles. The van der Waals surface area contributed by atoms with Crippen molar-refractivity contribution in [3.63, 3.8) is 0 Å². The summed E-state index contributed by atoms with van der Waals surface area (Å²) in [5.41, 5.74) is 4.33. The quantitative estimate of drug-likeness (QED) is 0.543. The lowest BCUT2D eigenvalue weighted by Gasteiger charge is -2.08. The van der Waals surface area contributed by atoms with E-state index in [1.807, 2.05) is 60.4 Å². The molecule has 0 saturated carbocycles. The van der Waals surface area contributed by atoms with Gasteiger partial charge in [-0.1, -0.05) is 44.2 Å². The third kappa shape index (κ3) is 4.18. The molecule has 0 radical (unpaired) electrons. The number of nitrogens with one attached hydrogen (secondary N) is 1. The van der Waals surface area contributed by atoms with Crippen molar-refractivity contribution in [2.24, 2.45) is 5.92 Å². The SMILES string of the molecule is Cc1nc2cnc(-c3cnn(Cc4ccccc4)c3)cn2c1NC(=O)CC(C)C. The summed E-state index contributed by atoms with van der Waals surface area (Å²) < 4.78 is 3.77. The molecule has 0 saturated heterocycles. The Balaban J connectivity index is 1.62. The molecular weight excluding hydrogens is 364 g/mol. The minimum Gasteiger partial charge on any atom is -0.310 e. The maximum absolute atomic E-state index is 12.3. The van der Waals surface area contributed by atoms with E-state index in [1.165, 1.54) is 5.56 Å². The number of benzene rings is 1. The van der Waals surface area contributed by atoms with Crippen molar-refractivity contribution in [2.75, 3.05) is 5.32 Å². The minimum absolute atomic E-state index is 0.0149. The van der Waals surface area contributed by atoms with Gasteiger partial charge in [-0.15, -0.1) is 0 Å². The summed E-state index contributed by atoms with van der Waals surface area (Å²) in [6.45, 7) is 6.63. The van der Waals surface area contributed by atoms with Crippen LogP contribution in [0.4, 0.5) is 5.82 Å². The van der Waals surface area contributed by atoms with E-state index in [0.717, 1.165) is 17.0 Å². The first-order valence-electron chi connectivity index (χ1n) is 9.71. The Morgan fingerprint density at radius 1 is 1.14 bits per heavy atom. The third-order valence-electron chi connectivity index (χ3n) is 4.65. The number of carbonyl (C=O) groups excluding carboxylic acids is 1. The van der Waals surface area contributed by atoms with Crippen LogP contribution in [0.15, 0.2) is 55.1 Å². The number of aromatic nitrogens is 5. The molecule has 1 N–H and O–H groups in total. The fourth-order valence-electron chi connectivity index (χ4n) is 3.28. The summed E-state index contributed by atoms with van der Waals surface area (Å²) in [7, 11) is 0. The van der Waals surface area contributed by atoms with Crippen LogP contribution in [0, 0.1) is 12.8 Å². The highest BCUT2D eigenvalue weighted by molar-refractivity contribution is 5.91. The second kappa shape index (κ2) is 7.87. The van der Waals surface area contributed by atoms with Gasteiger partial charge < -0.3 is 5.32 Å². The standard InChI is InChI=1S/C22H24N6O/c1-15(2)9-21(29)26-22-16(3)25-20-11-23-19(14-28(20)22)18-10-24-27(13-18)12-17-7-5-4-6-8-17/h4-8,10-11,13-15H,9,12H2,1-3H3,(H,26,29). The van der Waals surface area contributed by atoms with Crippen LogP contribution in [0.2, 0.25) is 0 Å². The van der Waals surface area contributed by atoms with Gasteiger partial charge in [0.15, 0.2) is 5.65 Å². The van der Waals surface area contributed by atoms with Crippen molar-refractivity contribution in [1.82, 2.24) is 24.1 Å². The third-order valence-corrected chi connectivity index (χ3v) is 4.65. The van der Waals surface area contributed by atoms with Gasteiger partial charge in [0.05, 0.1) is 30.3 Å². The number of carbonyl (C=O) groups is 1. The van der Waals surface area contributed by atoms with Gasteiger partial charge in [0.25, 0.3) is 0 Å². The monoisotopic (exact) mass is 388 g/mol. The molecule has 4 aromatic rings. The average molecular weight is 388 g/mol. The highest BCUT2D eigenvalue weighted by atomic mass is 16.1. The van der Waals surface area contributed by atoms with Gasteiger partial charge in [-0.3, -0.25) is 18.9 Å². The summed E-state index contributed by atoms with van der Waals surface area (Å²) in [6, 6.07) is 10.2. The number of anilines is 1. The van der Waals surface area contributed by atoms with Gasteiger partial charge in [0, 0.05) is 24.4 Å². The van der Waals surface area contributed by atoms with E-state index < -0.39 is 0 Å². The van der Waals surface area contributed by atoms with Gasteiger partial charge in [-0.25, -0.2) is 4.98 Å². The molecule has 0 aliphatic heterocycles. The zero-order chi connectivity index (χ0) is 20.4. The number of hydrogen-bond donors (Lipinski definition) is 1. The molecule has 0 aliphatic carbocycles. The predicted octanol–water partition coefficient (Wildman–Crippen LogP) is 3.93. The van der Waals surface area contributed by atoms with Crippen molar-refractivity contribution in [3.8, 4) is 11.3 Å². The van der Waals surface area contributed by atoms with Gasteiger partial charge >= 0.3 is 0 Å². The van der Waals surface area contributed by atoms with E-state index in [0.29, 0.717) is 30.3 Å². The molecule has 0 unspecified atom stereocenters. The number of fused-ring (bicyclic) bond motifs is 1. The van der Waals surface area contributed by atoms with Gasteiger partial charge in [0.1, 0.15) is 5.82 Å². The van der Waals surface area contributed by atoms with Crippen molar-refractivity contribution < 1.29 is 4.79 Å². The molecule has 1 amide bonds. The van der Waals surface area contributed by atoms with Crippen molar-refractivity contribution in [2.45, 2.75) is 33.7 Å². The molecule has 3 aromatic heterocycles. The maximum Gasteiger partial charge on any atom is 0.225 e. The van der Waals surface area contributed by atoms with E-state index in [1.54, 1.807) is 12.4 Å². The molecular formula is C22H24N6O. The molecule has 0 atom stereocenters. The molecule has 0 spiro atoms. The molecule has 4 rings (SSSR count). The number of hydrogen-bond acceptors (Lipinski definition) is 4. The first-order chi connectivity index (χ1) is 14.0. The summed E-state index contributed by atoms with van der Waals surface area (Å²) in [5, 5.41) is 7.45. The normalized spacial score (nSPS) is 11.3. The predicted molar refractivity (Wildman–Crippen MR) is 113 cm³/mol. The van der Waals surface area contributed by atoms with E-state index in [2.05, 4.69) is 32.5 Å². The smallest absolute Gasteiger partial charge is 0.225 e. The lowest BCUT2D eigenvalue weighted by Crippen LogP contribution is -2.15. The van der Waals surface area contributed by atoms with Gasteiger partial charge in [-0.2, -0.15) is 5.10 Å². The molecule has 7 nitrogen and oxygen atoms in total. The zero-order valence-electron chi connectivity index (χ0n) is 16.8. The first kappa shape index (κ1) is 18.9. The van der Waals surface area contributed by atoms with Crippen LogP contribution in [0.25, 0.3) is 16.9 Å². The highest BCUT2D eigenvalue weighted by Crippen LogP contribution is 2.22. The summed E-state index contributed by atoms with van der Waals surface area (Å²) in [6.07, 6.45) is 7.86. The Morgan fingerprint density at radius 3 is 2.69 bits per heavy atom. The Bertz CT molecular complexity index is 1140. The van der Waals surface area contributed by atoms with Crippen LogP contribution in [-0.4, -0.2) is 30.1 Å². The molecule has 7 heteroatoms. The zero-order valence-corrected chi connectivity index (χ0v) is 16.8. The Morgan fingerprint density at radius 2 is 1.93 bits per heavy atom. The van der Waals surface area contributed by atoms with Crippen molar-refractivity contribution >= 4 is 17.4 Å². The van der Waals surface area contributed by atoms with Crippen LogP contribution in [0.5, 0.6) is 0 Å². The van der Waals surface area contributed by atoms with E-state index in [4.69, 9.17) is 0 Å². The molecule has 0 aliphatic rings. The van der Waals surface area contributed by atoms with Crippen LogP contribution in [0.3, 0.4) is 0 Å². The van der Waals surface area contributed by atoms with E-state index in [9.17, 15) is 4.79 Å². The van der Waals surface area contributed by atoms with Crippen molar-refractivity contribution in [3.05, 3.63) is 66.4 Å². The molecule has 3 heterocycles. The Kier molecular flexibility index (Phi) is 5.12. The van der Waals surface area contributed by atoms with E-state index in [-0.39, 0.29) is 5.91 Å². The maximum atomic E-state index is 12.3. The lowest BCUT2D eigenvalue weighted by atomic mass is 10.1. The number of amides is 1. The number of nitrogens with zero attached hydrogens (tertiary/aromatic N) is 5.